The van der Waals surface area contributed by atoms with Crippen LogP contribution in [0.15, 0.2) is 17.8 Å². The monoisotopic (exact) mass is 579 g/mol. The number of esters is 1. The van der Waals surface area contributed by atoms with Gasteiger partial charge in [0.05, 0.1) is 12.6 Å². The molecule has 1 fully saturated rings. The third-order valence-electron chi connectivity index (χ3n) is 4.87. The highest BCUT2D eigenvalue weighted by Crippen LogP contribution is 2.20. The molecule has 0 aliphatic carbocycles. The molecule has 2 aromatic heterocycles. The van der Waals surface area contributed by atoms with Crippen LogP contribution in [0.25, 0.3) is 0 Å². The molecular formula is C23H33N9O7S. The van der Waals surface area contributed by atoms with Gasteiger partial charge in [0.15, 0.2) is 0 Å². The summed E-state index contributed by atoms with van der Waals surface area (Å²) in [5.74, 6) is -2.23. The van der Waals surface area contributed by atoms with Gasteiger partial charge >= 0.3 is 12.1 Å². The number of carbonyl (C=O) groups is 4. The lowest BCUT2D eigenvalue weighted by Gasteiger charge is -2.36. The smallest absolute Gasteiger partial charge is 0.414 e. The molecule has 0 spiro atoms. The quantitative estimate of drug-likeness (QED) is 0.166. The third kappa shape index (κ3) is 8.42. The van der Waals surface area contributed by atoms with Gasteiger partial charge in [-0.05, 0) is 55.4 Å². The average Bonchev–Trinajstić information content (AvgIpc) is 3.47. The second-order valence-electron chi connectivity index (χ2n) is 11.3. The van der Waals surface area contributed by atoms with Crippen molar-refractivity contribution in [2.45, 2.75) is 90.8 Å². The van der Waals surface area contributed by atoms with Crippen LogP contribution in [0, 0.1) is 0 Å². The molecule has 0 aromatic carbocycles. The molecule has 1 aliphatic heterocycles. The lowest BCUT2D eigenvalue weighted by atomic mass is 9.98. The molecule has 1 saturated heterocycles. The Morgan fingerprint density at radius 3 is 2.35 bits per heavy atom. The van der Waals surface area contributed by atoms with Gasteiger partial charge in [-0.1, -0.05) is 5.16 Å². The Balaban J connectivity index is 1.83. The topological polar surface area (TPSA) is 201 Å². The Morgan fingerprint density at radius 2 is 1.77 bits per heavy atom. The van der Waals surface area contributed by atoms with E-state index < -0.39 is 58.5 Å². The highest BCUT2D eigenvalue weighted by Gasteiger charge is 2.42. The standard InChI is InChI=1S/C23H33N9O7S/c1-21(2,3)37-18(35)23(7,8)39-30-14(15-28-19(40-31-15)29-20(36)38-22(4,5)6)17(34)27-13-12(26-16(13)33)9-32-11-24-10-25-32/h10-13H,9H2,1-8H3,(H,26,33)(H,27,34)(H,28,29,31,36)/b30-14+/t12-,13+/m1/s1. The lowest BCUT2D eigenvalue weighted by Crippen LogP contribution is -2.70. The van der Waals surface area contributed by atoms with E-state index in [0.717, 1.165) is 11.5 Å². The molecule has 2 atom stereocenters. The Morgan fingerprint density at radius 1 is 1.10 bits per heavy atom. The maximum Gasteiger partial charge on any atom is 0.414 e. The molecule has 17 heteroatoms. The van der Waals surface area contributed by atoms with Gasteiger partial charge in [-0.2, -0.15) is 14.5 Å². The number of aromatic nitrogens is 5. The Hall–Kier alpha value is -4.15. The van der Waals surface area contributed by atoms with E-state index >= 15 is 0 Å². The molecule has 0 bridgehead atoms. The van der Waals surface area contributed by atoms with Gasteiger partial charge in [0, 0.05) is 11.5 Å². The molecule has 0 radical (unpaired) electrons. The first-order valence-corrected chi connectivity index (χ1v) is 13.0. The van der Waals surface area contributed by atoms with Crippen molar-refractivity contribution in [1.82, 2.24) is 34.8 Å². The summed E-state index contributed by atoms with van der Waals surface area (Å²) >= 11 is 0.761. The van der Waals surface area contributed by atoms with Crippen LogP contribution in [0.1, 0.15) is 61.2 Å². The van der Waals surface area contributed by atoms with Crippen LogP contribution in [0.4, 0.5) is 9.93 Å². The van der Waals surface area contributed by atoms with Gasteiger partial charge in [0.1, 0.15) is 29.9 Å². The van der Waals surface area contributed by atoms with Crippen molar-refractivity contribution in [3.8, 4) is 0 Å². The molecule has 2 aromatic rings. The van der Waals surface area contributed by atoms with Gasteiger partial charge in [-0.15, -0.1) is 0 Å². The predicted molar refractivity (Wildman–Crippen MR) is 141 cm³/mol. The maximum absolute atomic E-state index is 13.3. The SMILES string of the molecule is CC(C)(C)OC(=O)Nc1nc(/C(=N\OC(C)(C)C(=O)OC(C)(C)C)C(=O)N[C@@H]2C(=O)N[C@@H]2Cn2cncn2)ns1. The summed E-state index contributed by atoms with van der Waals surface area (Å²) < 4.78 is 16.2. The molecule has 1 aliphatic rings. The van der Waals surface area contributed by atoms with Crippen LogP contribution < -0.4 is 16.0 Å². The van der Waals surface area contributed by atoms with Crippen molar-refractivity contribution in [3.63, 3.8) is 0 Å². The van der Waals surface area contributed by atoms with Gasteiger partial charge in [0.2, 0.25) is 28.2 Å². The van der Waals surface area contributed by atoms with Crippen LogP contribution in [0.3, 0.4) is 0 Å². The summed E-state index contributed by atoms with van der Waals surface area (Å²) in [6.07, 6.45) is 2.04. The third-order valence-corrected chi connectivity index (χ3v) is 5.50. The van der Waals surface area contributed by atoms with Crippen molar-refractivity contribution >= 4 is 46.3 Å². The molecule has 0 unspecified atom stereocenters. The Kier molecular flexibility index (Phi) is 8.76. The minimum absolute atomic E-state index is 0.0154. The first kappa shape index (κ1) is 30.4. The first-order chi connectivity index (χ1) is 18.4. The summed E-state index contributed by atoms with van der Waals surface area (Å²) in [6.45, 7) is 13.3. The van der Waals surface area contributed by atoms with Crippen molar-refractivity contribution < 1.29 is 33.5 Å². The summed E-state index contributed by atoms with van der Waals surface area (Å²) in [6, 6.07) is -1.41. The molecule has 3 amide bonds. The van der Waals surface area contributed by atoms with Crippen molar-refractivity contribution in [2.24, 2.45) is 5.16 Å². The normalized spacial score (nSPS) is 17.8. The zero-order valence-corrected chi connectivity index (χ0v) is 24.3. The van der Waals surface area contributed by atoms with Crippen molar-refractivity contribution in [1.29, 1.82) is 0 Å². The number of rotatable bonds is 9. The average molecular weight is 580 g/mol. The molecule has 3 heterocycles. The molecule has 40 heavy (non-hydrogen) atoms. The van der Waals surface area contributed by atoms with Gasteiger partial charge in [-0.25, -0.2) is 14.6 Å². The molecule has 3 N–H and O–H groups in total. The Bertz CT molecular complexity index is 1280. The fourth-order valence-corrected chi connectivity index (χ4v) is 3.60. The molecule has 0 saturated carbocycles. The minimum Gasteiger partial charge on any atom is -0.457 e. The van der Waals surface area contributed by atoms with E-state index in [1.54, 1.807) is 41.5 Å². The highest BCUT2D eigenvalue weighted by atomic mass is 32.1. The van der Waals surface area contributed by atoms with E-state index in [4.69, 9.17) is 14.3 Å². The molecule has 218 valence electrons. The number of amides is 3. The number of carbonyl (C=O) groups excluding carboxylic acids is 4. The van der Waals surface area contributed by atoms with E-state index in [-0.39, 0.29) is 17.5 Å². The second-order valence-corrected chi connectivity index (χ2v) is 12.0. The zero-order chi connectivity index (χ0) is 29.9. The van der Waals surface area contributed by atoms with Crippen LogP contribution in [0.5, 0.6) is 0 Å². The summed E-state index contributed by atoms with van der Waals surface area (Å²) in [5.41, 5.74) is -3.59. The van der Waals surface area contributed by atoms with E-state index in [1.807, 2.05) is 0 Å². The Labute approximate surface area is 234 Å². The van der Waals surface area contributed by atoms with E-state index in [1.165, 1.54) is 31.2 Å². The number of oxime groups is 1. The number of ether oxygens (including phenoxy) is 2. The highest BCUT2D eigenvalue weighted by molar-refractivity contribution is 7.10. The van der Waals surface area contributed by atoms with Crippen molar-refractivity contribution in [3.05, 3.63) is 18.5 Å². The first-order valence-electron chi connectivity index (χ1n) is 12.2. The van der Waals surface area contributed by atoms with Gasteiger partial charge in [-0.3, -0.25) is 19.6 Å². The van der Waals surface area contributed by atoms with Gasteiger partial charge in [0.25, 0.3) is 5.91 Å². The van der Waals surface area contributed by atoms with Crippen LogP contribution in [-0.2, 0) is 35.2 Å². The number of anilines is 1. The van der Waals surface area contributed by atoms with E-state index in [2.05, 4.69) is 40.5 Å². The fourth-order valence-electron chi connectivity index (χ4n) is 3.04. The van der Waals surface area contributed by atoms with Crippen LogP contribution in [-0.4, -0.2) is 82.6 Å². The molecular weight excluding hydrogens is 546 g/mol. The van der Waals surface area contributed by atoms with Crippen molar-refractivity contribution in [2.75, 3.05) is 5.32 Å². The van der Waals surface area contributed by atoms with Crippen LogP contribution in [0.2, 0.25) is 0 Å². The molecule has 16 nitrogen and oxygen atoms in total. The number of hydrogen-bond donors (Lipinski definition) is 3. The summed E-state index contributed by atoms with van der Waals surface area (Å²) in [4.78, 5) is 63.8. The molecule has 3 rings (SSSR count). The second kappa shape index (κ2) is 11.5. The summed E-state index contributed by atoms with van der Waals surface area (Å²) in [7, 11) is 0. The summed E-state index contributed by atoms with van der Waals surface area (Å²) in [5, 5.41) is 15.6. The lowest BCUT2D eigenvalue weighted by molar-refractivity contribution is -0.179. The number of hydrogen-bond acceptors (Lipinski definition) is 13. The fraction of sp³-hybridized carbons (Fsp3) is 0.609. The van der Waals surface area contributed by atoms with E-state index in [0.29, 0.717) is 0 Å². The number of nitrogens with one attached hydrogen (secondary N) is 3. The minimum atomic E-state index is -1.60. The number of β-lactam (4-membered cyclic amide) rings is 1. The largest absolute Gasteiger partial charge is 0.457 e. The zero-order valence-electron chi connectivity index (χ0n) is 23.5. The maximum atomic E-state index is 13.3. The number of nitrogens with zero attached hydrogens (tertiary/aromatic N) is 6. The van der Waals surface area contributed by atoms with Crippen LogP contribution >= 0.6 is 11.5 Å². The van der Waals surface area contributed by atoms with Gasteiger partial charge < -0.3 is 24.9 Å². The predicted octanol–water partition coefficient (Wildman–Crippen LogP) is 1.00. The van der Waals surface area contributed by atoms with E-state index in [9.17, 15) is 19.2 Å².